The lowest BCUT2D eigenvalue weighted by Gasteiger charge is -2.07. The van der Waals surface area contributed by atoms with Gasteiger partial charge in [-0.2, -0.15) is 5.10 Å². The highest BCUT2D eigenvalue weighted by molar-refractivity contribution is 5.95. The lowest BCUT2D eigenvalue weighted by Crippen LogP contribution is -2.28. The monoisotopic (exact) mass is 334 g/mol. The van der Waals surface area contributed by atoms with Crippen LogP contribution >= 0.6 is 0 Å². The van der Waals surface area contributed by atoms with Crippen LogP contribution in [0.3, 0.4) is 0 Å². The fraction of sp³-hybridized carbons (Fsp3) is 0.105. The van der Waals surface area contributed by atoms with Crippen molar-refractivity contribution < 1.29 is 9.59 Å². The minimum absolute atomic E-state index is 0.00794. The second kappa shape index (κ2) is 7.44. The van der Waals surface area contributed by atoms with Crippen molar-refractivity contribution in [2.24, 2.45) is 0 Å². The summed E-state index contributed by atoms with van der Waals surface area (Å²) in [5.74, 6) is -0.00794. The van der Waals surface area contributed by atoms with Gasteiger partial charge in [0.2, 0.25) is 0 Å². The predicted molar refractivity (Wildman–Crippen MR) is 95.9 cm³/mol. The highest BCUT2D eigenvalue weighted by atomic mass is 16.2. The number of para-hydroxylation sites is 1. The van der Waals surface area contributed by atoms with E-state index in [4.69, 9.17) is 0 Å². The van der Waals surface area contributed by atoms with Gasteiger partial charge < -0.3 is 10.6 Å². The molecule has 0 saturated heterocycles. The van der Waals surface area contributed by atoms with Crippen LogP contribution in [0.2, 0.25) is 0 Å². The van der Waals surface area contributed by atoms with Gasteiger partial charge in [0.05, 0.1) is 11.9 Å². The van der Waals surface area contributed by atoms with E-state index in [1.807, 2.05) is 36.5 Å². The molecule has 0 unspecified atom stereocenters. The number of benzene rings is 2. The maximum atomic E-state index is 12.0. The second-order valence-electron chi connectivity index (χ2n) is 5.57. The Labute approximate surface area is 145 Å². The number of anilines is 1. The minimum atomic E-state index is -0.317. The molecule has 2 amide bonds. The van der Waals surface area contributed by atoms with Crippen LogP contribution in [0.4, 0.5) is 10.5 Å². The molecule has 0 aliphatic carbocycles. The Bertz CT molecular complexity index is 870. The summed E-state index contributed by atoms with van der Waals surface area (Å²) in [5.41, 5.74) is 3.09. The van der Waals surface area contributed by atoms with Crippen molar-refractivity contribution in [3.8, 4) is 5.69 Å². The molecule has 1 aromatic heterocycles. The summed E-state index contributed by atoms with van der Waals surface area (Å²) in [4.78, 5) is 23.2. The molecule has 0 atom stereocenters. The number of carbonyl (C=O) groups is 2. The van der Waals surface area contributed by atoms with E-state index in [0.717, 1.165) is 11.3 Å². The third-order valence-electron chi connectivity index (χ3n) is 3.66. The first kappa shape index (κ1) is 16.4. The number of aromatic nitrogens is 2. The zero-order valence-corrected chi connectivity index (χ0v) is 13.8. The minimum Gasteiger partial charge on any atom is -0.334 e. The van der Waals surface area contributed by atoms with Crippen LogP contribution in [-0.2, 0) is 6.54 Å². The first-order valence-corrected chi connectivity index (χ1v) is 7.86. The largest absolute Gasteiger partial charge is 0.334 e. The highest BCUT2D eigenvalue weighted by Gasteiger charge is 2.05. The molecule has 25 heavy (non-hydrogen) atoms. The molecule has 0 saturated carbocycles. The molecule has 3 aromatic rings. The number of urea groups is 1. The third kappa shape index (κ3) is 4.32. The number of nitrogens with zero attached hydrogens (tertiary/aromatic N) is 2. The Morgan fingerprint density at radius 1 is 1.04 bits per heavy atom. The summed E-state index contributed by atoms with van der Waals surface area (Å²) in [6.07, 6.45) is 3.59. The quantitative estimate of drug-likeness (QED) is 0.702. The zero-order valence-electron chi connectivity index (χ0n) is 13.8. The Hall–Kier alpha value is -3.41. The topological polar surface area (TPSA) is 76.0 Å². The number of hydrogen-bond acceptors (Lipinski definition) is 3. The van der Waals surface area contributed by atoms with Gasteiger partial charge in [-0.3, -0.25) is 4.79 Å². The maximum absolute atomic E-state index is 12.0. The number of Topliss-reactive ketones (excluding diaryl/α,β-unsaturated/α-hetero) is 1. The molecule has 0 spiro atoms. The van der Waals surface area contributed by atoms with Gasteiger partial charge in [0.15, 0.2) is 5.78 Å². The molecule has 0 bridgehead atoms. The van der Waals surface area contributed by atoms with Crippen molar-refractivity contribution in [2.75, 3.05) is 5.32 Å². The smallest absolute Gasteiger partial charge is 0.319 e. The van der Waals surface area contributed by atoms with Crippen LogP contribution in [0.15, 0.2) is 67.0 Å². The van der Waals surface area contributed by atoms with E-state index in [-0.39, 0.29) is 11.8 Å². The van der Waals surface area contributed by atoms with Gasteiger partial charge in [-0.15, -0.1) is 0 Å². The molecular formula is C19H18N4O2. The van der Waals surface area contributed by atoms with Crippen molar-refractivity contribution in [1.82, 2.24) is 15.1 Å². The zero-order chi connectivity index (χ0) is 17.6. The second-order valence-corrected chi connectivity index (χ2v) is 5.57. The van der Waals surface area contributed by atoms with E-state index in [9.17, 15) is 9.59 Å². The number of amides is 2. The maximum Gasteiger partial charge on any atom is 0.319 e. The molecule has 3 rings (SSSR count). The van der Waals surface area contributed by atoms with Gasteiger partial charge in [-0.1, -0.05) is 18.2 Å². The summed E-state index contributed by atoms with van der Waals surface area (Å²) >= 11 is 0. The summed E-state index contributed by atoms with van der Waals surface area (Å²) in [6, 6.07) is 16.2. The summed E-state index contributed by atoms with van der Waals surface area (Å²) in [7, 11) is 0. The van der Waals surface area contributed by atoms with Crippen molar-refractivity contribution in [1.29, 1.82) is 0 Å². The van der Waals surface area contributed by atoms with Crippen LogP contribution in [0, 0.1) is 0 Å². The first-order valence-electron chi connectivity index (χ1n) is 7.86. The van der Waals surface area contributed by atoms with E-state index in [1.54, 1.807) is 35.1 Å². The van der Waals surface area contributed by atoms with Gasteiger partial charge in [-0.25, -0.2) is 9.48 Å². The molecule has 0 radical (unpaired) electrons. The molecule has 2 N–H and O–H groups in total. The Balaban J connectivity index is 1.54. The molecule has 1 heterocycles. The van der Waals surface area contributed by atoms with Crippen LogP contribution < -0.4 is 10.6 Å². The van der Waals surface area contributed by atoms with Crippen molar-refractivity contribution >= 4 is 17.5 Å². The van der Waals surface area contributed by atoms with Gasteiger partial charge in [0, 0.05) is 29.6 Å². The van der Waals surface area contributed by atoms with Gasteiger partial charge in [0.1, 0.15) is 0 Å². The molecule has 6 nitrogen and oxygen atoms in total. The normalized spacial score (nSPS) is 10.3. The molecule has 0 fully saturated rings. The summed E-state index contributed by atoms with van der Waals surface area (Å²) in [6.45, 7) is 1.87. The van der Waals surface area contributed by atoms with Gasteiger partial charge in [0.25, 0.3) is 0 Å². The number of ketones is 1. The SMILES string of the molecule is CC(=O)c1ccc(NC(=O)NCc2cnn(-c3ccccc3)c2)cc1. The number of carbonyl (C=O) groups excluding carboxylic acids is 2. The summed E-state index contributed by atoms with van der Waals surface area (Å²) in [5, 5.41) is 9.80. The fourth-order valence-corrected chi connectivity index (χ4v) is 2.32. The van der Waals surface area contributed by atoms with Crippen molar-refractivity contribution in [2.45, 2.75) is 13.5 Å². The predicted octanol–water partition coefficient (Wildman–Crippen LogP) is 3.40. The lowest BCUT2D eigenvalue weighted by atomic mass is 10.1. The molecule has 6 heteroatoms. The third-order valence-corrected chi connectivity index (χ3v) is 3.66. The standard InChI is InChI=1S/C19H18N4O2/c1-14(24)16-7-9-17(10-8-16)22-19(25)20-11-15-12-21-23(13-15)18-5-3-2-4-6-18/h2-10,12-13H,11H2,1H3,(H2,20,22,25). The molecular weight excluding hydrogens is 316 g/mol. The Morgan fingerprint density at radius 2 is 1.76 bits per heavy atom. The molecule has 126 valence electrons. The lowest BCUT2D eigenvalue weighted by molar-refractivity contribution is 0.101. The molecule has 2 aromatic carbocycles. The Kier molecular flexibility index (Phi) is 4.89. The van der Waals surface area contributed by atoms with E-state index in [0.29, 0.717) is 17.8 Å². The number of hydrogen-bond donors (Lipinski definition) is 2. The molecule has 0 aliphatic rings. The van der Waals surface area contributed by atoms with Gasteiger partial charge in [-0.05, 0) is 43.3 Å². The van der Waals surface area contributed by atoms with E-state index in [2.05, 4.69) is 15.7 Å². The number of rotatable bonds is 5. The van der Waals surface area contributed by atoms with Gasteiger partial charge >= 0.3 is 6.03 Å². The number of nitrogens with one attached hydrogen (secondary N) is 2. The highest BCUT2D eigenvalue weighted by Crippen LogP contribution is 2.10. The van der Waals surface area contributed by atoms with Crippen LogP contribution in [-0.4, -0.2) is 21.6 Å². The van der Waals surface area contributed by atoms with E-state index < -0.39 is 0 Å². The van der Waals surface area contributed by atoms with Crippen molar-refractivity contribution in [3.05, 3.63) is 78.1 Å². The first-order chi connectivity index (χ1) is 12.1. The molecule has 0 aliphatic heterocycles. The fourth-order valence-electron chi connectivity index (χ4n) is 2.32. The summed E-state index contributed by atoms with van der Waals surface area (Å²) < 4.78 is 1.76. The van der Waals surface area contributed by atoms with Crippen molar-refractivity contribution in [3.63, 3.8) is 0 Å². The van der Waals surface area contributed by atoms with E-state index in [1.165, 1.54) is 6.92 Å². The van der Waals surface area contributed by atoms with Crippen LogP contribution in [0.5, 0.6) is 0 Å². The van der Waals surface area contributed by atoms with Crippen LogP contribution in [0.25, 0.3) is 5.69 Å². The van der Waals surface area contributed by atoms with Crippen LogP contribution in [0.1, 0.15) is 22.8 Å². The average Bonchev–Trinajstić information content (AvgIpc) is 3.10. The Morgan fingerprint density at radius 3 is 2.44 bits per heavy atom. The van der Waals surface area contributed by atoms with E-state index >= 15 is 0 Å². The average molecular weight is 334 g/mol.